The molecule has 2 aliphatic rings. The Morgan fingerprint density at radius 1 is 1.10 bits per heavy atom. The van der Waals surface area contributed by atoms with E-state index in [-0.39, 0.29) is 5.92 Å². The highest BCUT2D eigenvalue weighted by molar-refractivity contribution is 5.78. The molecule has 1 amide bonds. The lowest BCUT2D eigenvalue weighted by Gasteiger charge is -2.36. The molecule has 1 atom stereocenters. The first-order valence-electron chi connectivity index (χ1n) is 8.39. The number of nitrogens with one attached hydrogen (secondary N) is 1. The topological polar surface area (TPSA) is 29.1 Å². The maximum atomic E-state index is 12.3. The van der Waals surface area contributed by atoms with Gasteiger partial charge in [0.2, 0.25) is 5.91 Å². The molecule has 0 saturated heterocycles. The lowest BCUT2D eigenvalue weighted by atomic mass is 9.69. The average Bonchev–Trinajstić information content (AvgIpc) is 2.45. The fourth-order valence-electron chi connectivity index (χ4n) is 3.65. The molecule has 0 aromatic carbocycles. The molecule has 114 valence electrons. The highest BCUT2D eigenvalue weighted by Crippen LogP contribution is 2.39. The second-order valence-electron chi connectivity index (χ2n) is 7.81. The number of allylic oxidation sites excluding steroid dienone is 2. The Hall–Kier alpha value is -0.790. The largest absolute Gasteiger partial charge is 0.356 e. The van der Waals surface area contributed by atoms with E-state index in [0.29, 0.717) is 17.2 Å². The molecule has 2 nitrogen and oxygen atoms in total. The number of hydrogen-bond donors (Lipinski definition) is 1. The summed E-state index contributed by atoms with van der Waals surface area (Å²) in [7, 11) is 0. The van der Waals surface area contributed by atoms with Crippen LogP contribution >= 0.6 is 0 Å². The highest BCUT2D eigenvalue weighted by Gasteiger charge is 2.32. The van der Waals surface area contributed by atoms with Crippen LogP contribution in [-0.4, -0.2) is 12.5 Å². The Labute approximate surface area is 124 Å². The summed E-state index contributed by atoms with van der Waals surface area (Å²) in [6, 6.07) is 0. The second kappa shape index (κ2) is 6.78. The van der Waals surface area contributed by atoms with Gasteiger partial charge >= 0.3 is 0 Å². The van der Waals surface area contributed by atoms with Gasteiger partial charge in [-0.1, -0.05) is 32.9 Å². The number of amides is 1. The predicted molar refractivity (Wildman–Crippen MR) is 84.4 cm³/mol. The molecule has 0 radical (unpaired) electrons. The van der Waals surface area contributed by atoms with Crippen molar-refractivity contribution in [3.63, 3.8) is 0 Å². The summed E-state index contributed by atoms with van der Waals surface area (Å²) in [5.41, 5.74) is 0.399. The van der Waals surface area contributed by atoms with E-state index in [0.717, 1.165) is 31.7 Å². The van der Waals surface area contributed by atoms with Crippen molar-refractivity contribution in [1.29, 1.82) is 0 Å². The van der Waals surface area contributed by atoms with Crippen molar-refractivity contribution in [2.75, 3.05) is 6.54 Å². The lowest BCUT2D eigenvalue weighted by molar-refractivity contribution is -0.126. The number of carbonyl (C=O) groups is 1. The van der Waals surface area contributed by atoms with Crippen LogP contribution in [0, 0.1) is 23.2 Å². The molecule has 0 heterocycles. The number of carbonyl (C=O) groups excluding carboxylic acids is 1. The Morgan fingerprint density at radius 3 is 2.35 bits per heavy atom. The van der Waals surface area contributed by atoms with Gasteiger partial charge in [-0.2, -0.15) is 0 Å². The Bertz CT molecular complexity index is 345. The van der Waals surface area contributed by atoms with Crippen molar-refractivity contribution in [3.05, 3.63) is 12.2 Å². The minimum Gasteiger partial charge on any atom is -0.356 e. The third-order valence-corrected chi connectivity index (χ3v) is 5.27. The van der Waals surface area contributed by atoms with E-state index in [2.05, 4.69) is 38.2 Å². The smallest absolute Gasteiger partial charge is 0.223 e. The quantitative estimate of drug-likeness (QED) is 0.765. The summed E-state index contributed by atoms with van der Waals surface area (Å²) in [5.74, 6) is 2.03. The summed E-state index contributed by atoms with van der Waals surface area (Å²) in [6.07, 6.45) is 12.7. The van der Waals surface area contributed by atoms with E-state index in [9.17, 15) is 4.79 Å². The van der Waals surface area contributed by atoms with Crippen LogP contribution in [-0.2, 0) is 4.79 Å². The van der Waals surface area contributed by atoms with Gasteiger partial charge in [0.25, 0.3) is 0 Å². The molecule has 0 aromatic heterocycles. The van der Waals surface area contributed by atoms with Gasteiger partial charge in [-0.25, -0.2) is 0 Å². The van der Waals surface area contributed by atoms with Crippen LogP contribution in [0.2, 0.25) is 0 Å². The van der Waals surface area contributed by atoms with Gasteiger partial charge in [-0.3, -0.25) is 4.79 Å². The SMILES string of the molecule is CC(C)(C)C1CCC(C(=O)NCC2CC=CCC2)CC1. The van der Waals surface area contributed by atoms with Crippen LogP contribution in [0.4, 0.5) is 0 Å². The monoisotopic (exact) mass is 277 g/mol. The molecular formula is C18H31NO. The zero-order chi connectivity index (χ0) is 14.6. The Morgan fingerprint density at radius 2 is 1.80 bits per heavy atom. The maximum absolute atomic E-state index is 12.3. The van der Waals surface area contributed by atoms with E-state index < -0.39 is 0 Å². The fraction of sp³-hybridized carbons (Fsp3) is 0.833. The zero-order valence-corrected chi connectivity index (χ0v) is 13.5. The summed E-state index contributed by atoms with van der Waals surface area (Å²) in [4.78, 5) is 12.3. The van der Waals surface area contributed by atoms with E-state index in [1.54, 1.807) is 0 Å². The van der Waals surface area contributed by atoms with Crippen molar-refractivity contribution in [2.24, 2.45) is 23.2 Å². The van der Waals surface area contributed by atoms with Gasteiger partial charge in [0, 0.05) is 12.5 Å². The van der Waals surface area contributed by atoms with Crippen molar-refractivity contribution in [3.8, 4) is 0 Å². The summed E-state index contributed by atoms with van der Waals surface area (Å²) < 4.78 is 0. The Kier molecular flexibility index (Phi) is 5.29. The van der Waals surface area contributed by atoms with Crippen LogP contribution in [0.1, 0.15) is 65.7 Å². The van der Waals surface area contributed by atoms with Gasteiger partial charge in [-0.15, -0.1) is 0 Å². The molecule has 1 N–H and O–H groups in total. The standard InChI is InChI=1S/C18H31NO/c1-18(2,3)16-11-9-15(10-12-16)17(20)19-13-14-7-5-4-6-8-14/h4-5,14-16H,6-13H2,1-3H3,(H,19,20). The first kappa shape index (κ1) is 15.6. The van der Waals surface area contributed by atoms with Crippen LogP contribution in [0.5, 0.6) is 0 Å². The second-order valence-corrected chi connectivity index (χ2v) is 7.81. The normalized spacial score (nSPS) is 31.1. The van der Waals surface area contributed by atoms with Gasteiger partial charge in [0.1, 0.15) is 0 Å². The summed E-state index contributed by atoms with van der Waals surface area (Å²) in [5, 5.41) is 3.20. The Balaban J connectivity index is 1.70. The van der Waals surface area contributed by atoms with Gasteiger partial charge in [-0.05, 0) is 62.2 Å². The maximum Gasteiger partial charge on any atom is 0.223 e. The molecule has 0 aromatic rings. The summed E-state index contributed by atoms with van der Waals surface area (Å²) in [6.45, 7) is 7.86. The van der Waals surface area contributed by atoms with Crippen molar-refractivity contribution >= 4 is 5.91 Å². The third kappa shape index (κ3) is 4.36. The van der Waals surface area contributed by atoms with E-state index in [1.165, 1.54) is 25.7 Å². The minimum atomic E-state index is 0.271. The molecule has 2 heteroatoms. The zero-order valence-electron chi connectivity index (χ0n) is 13.5. The molecule has 0 aliphatic heterocycles. The van der Waals surface area contributed by atoms with E-state index in [1.807, 2.05) is 0 Å². The lowest BCUT2D eigenvalue weighted by Crippen LogP contribution is -2.37. The molecule has 1 saturated carbocycles. The van der Waals surface area contributed by atoms with Crippen molar-refractivity contribution in [1.82, 2.24) is 5.32 Å². The molecule has 20 heavy (non-hydrogen) atoms. The number of hydrogen-bond acceptors (Lipinski definition) is 1. The predicted octanol–water partition coefficient (Wildman–Crippen LogP) is 4.31. The first-order valence-corrected chi connectivity index (χ1v) is 8.39. The van der Waals surface area contributed by atoms with Crippen LogP contribution in [0.25, 0.3) is 0 Å². The average molecular weight is 277 g/mol. The molecule has 0 spiro atoms. The van der Waals surface area contributed by atoms with Gasteiger partial charge in [0.05, 0.1) is 0 Å². The molecule has 1 unspecified atom stereocenters. The van der Waals surface area contributed by atoms with Crippen LogP contribution < -0.4 is 5.32 Å². The minimum absolute atomic E-state index is 0.271. The van der Waals surface area contributed by atoms with Crippen LogP contribution in [0.15, 0.2) is 12.2 Å². The van der Waals surface area contributed by atoms with E-state index >= 15 is 0 Å². The van der Waals surface area contributed by atoms with E-state index in [4.69, 9.17) is 0 Å². The fourth-order valence-corrected chi connectivity index (χ4v) is 3.65. The van der Waals surface area contributed by atoms with Gasteiger partial charge < -0.3 is 5.32 Å². The van der Waals surface area contributed by atoms with Crippen LogP contribution in [0.3, 0.4) is 0 Å². The van der Waals surface area contributed by atoms with Gasteiger partial charge in [0.15, 0.2) is 0 Å². The first-order chi connectivity index (χ1) is 9.47. The molecule has 2 rings (SSSR count). The summed E-state index contributed by atoms with van der Waals surface area (Å²) >= 11 is 0. The molecule has 0 bridgehead atoms. The van der Waals surface area contributed by atoms with Crippen molar-refractivity contribution < 1.29 is 4.79 Å². The molecular weight excluding hydrogens is 246 g/mol. The molecule has 1 fully saturated rings. The number of rotatable bonds is 3. The molecule has 2 aliphatic carbocycles. The van der Waals surface area contributed by atoms with Crippen molar-refractivity contribution in [2.45, 2.75) is 65.7 Å². The highest BCUT2D eigenvalue weighted by atomic mass is 16.1. The third-order valence-electron chi connectivity index (χ3n) is 5.27.